The van der Waals surface area contributed by atoms with Gasteiger partial charge >= 0.3 is 0 Å². The fourth-order valence-corrected chi connectivity index (χ4v) is 2.60. The van der Waals surface area contributed by atoms with Crippen molar-refractivity contribution in [2.75, 3.05) is 18.6 Å². The van der Waals surface area contributed by atoms with Crippen LogP contribution in [0.3, 0.4) is 0 Å². The number of ether oxygens (including phenoxy) is 1. The van der Waals surface area contributed by atoms with E-state index in [1.807, 2.05) is 43.1 Å². The van der Waals surface area contributed by atoms with Crippen LogP contribution in [0.1, 0.15) is 12.5 Å². The highest BCUT2D eigenvalue weighted by Crippen LogP contribution is 2.27. The maximum atomic E-state index is 14.2. The monoisotopic (exact) mass is 311 g/mol. The third kappa shape index (κ3) is 3.08. The third-order valence-electron chi connectivity index (χ3n) is 3.63. The second-order valence-electron chi connectivity index (χ2n) is 5.23. The minimum absolute atomic E-state index is 0.317. The first-order valence-electron chi connectivity index (χ1n) is 7.51. The number of halogens is 1. The van der Waals surface area contributed by atoms with Crippen LogP contribution in [0.15, 0.2) is 48.8 Å². The van der Waals surface area contributed by atoms with E-state index in [1.54, 1.807) is 12.1 Å². The molecule has 0 saturated heterocycles. The lowest BCUT2D eigenvalue weighted by atomic mass is 10.1. The maximum Gasteiger partial charge on any atom is 0.142 e. The van der Waals surface area contributed by atoms with Gasteiger partial charge in [-0.15, -0.1) is 0 Å². The summed E-state index contributed by atoms with van der Waals surface area (Å²) in [5.41, 5.74) is 1.62. The van der Waals surface area contributed by atoms with Gasteiger partial charge in [0.05, 0.1) is 17.5 Å². The number of anilines is 1. The lowest BCUT2D eigenvalue weighted by molar-refractivity contribution is 0.336. The lowest BCUT2D eigenvalue weighted by Gasteiger charge is -2.21. The van der Waals surface area contributed by atoms with E-state index in [2.05, 4.69) is 9.97 Å². The van der Waals surface area contributed by atoms with E-state index in [0.29, 0.717) is 29.9 Å². The van der Waals surface area contributed by atoms with Crippen LogP contribution in [0.4, 0.5) is 10.2 Å². The summed E-state index contributed by atoms with van der Waals surface area (Å²) in [4.78, 5) is 10.3. The van der Waals surface area contributed by atoms with Gasteiger partial charge in [0, 0.05) is 19.2 Å². The molecule has 0 aliphatic rings. The van der Waals surface area contributed by atoms with Crippen molar-refractivity contribution >= 4 is 16.7 Å². The van der Waals surface area contributed by atoms with Crippen molar-refractivity contribution in [3.63, 3.8) is 0 Å². The van der Waals surface area contributed by atoms with Crippen molar-refractivity contribution < 1.29 is 9.13 Å². The number of para-hydroxylation sites is 1. The molecule has 3 rings (SSSR count). The van der Waals surface area contributed by atoms with Crippen LogP contribution in [0, 0.1) is 5.82 Å². The number of fused-ring (bicyclic) bond motifs is 1. The Morgan fingerprint density at radius 2 is 1.91 bits per heavy atom. The predicted octanol–water partition coefficient (Wildman–Crippen LogP) is 3.80. The molecule has 4 nitrogen and oxygen atoms in total. The fourth-order valence-electron chi connectivity index (χ4n) is 2.60. The van der Waals surface area contributed by atoms with Gasteiger partial charge in [0.15, 0.2) is 0 Å². The molecular weight excluding hydrogens is 293 g/mol. The molecule has 23 heavy (non-hydrogen) atoms. The molecule has 2 aromatic carbocycles. The van der Waals surface area contributed by atoms with Crippen molar-refractivity contribution in [3.05, 3.63) is 60.2 Å². The van der Waals surface area contributed by atoms with Gasteiger partial charge in [-0.3, -0.25) is 0 Å². The molecule has 1 heterocycles. The Labute approximate surface area is 134 Å². The van der Waals surface area contributed by atoms with E-state index in [9.17, 15) is 4.39 Å². The third-order valence-corrected chi connectivity index (χ3v) is 3.63. The Morgan fingerprint density at radius 1 is 1.09 bits per heavy atom. The average molecular weight is 311 g/mol. The molecule has 0 saturated carbocycles. The summed E-state index contributed by atoms with van der Waals surface area (Å²) < 4.78 is 19.9. The zero-order chi connectivity index (χ0) is 16.2. The Kier molecular flexibility index (Phi) is 4.37. The Hall–Kier alpha value is -2.69. The van der Waals surface area contributed by atoms with E-state index in [0.717, 1.165) is 11.3 Å². The molecule has 118 valence electrons. The minimum atomic E-state index is -0.317. The molecule has 0 unspecified atom stereocenters. The van der Waals surface area contributed by atoms with Crippen molar-refractivity contribution in [1.82, 2.24) is 9.97 Å². The lowest BCUT2D eigenvalue weighted by Crippen LogP contribution is -2.19. The molecule has 5 heteroatoms. The van der Waals surface area contributed by atoms with Crippen molar-refractivity contribution in [2.45, 2.75) is 13.5 Å². The van der Waals surface area contributed by atoms with Gasteiger partial charge in [-0.05, 0) is 25.1 Å². The van der Waals surface area contributed by atoms with E-state index in [-0.39, 0.29) is 5.82 Å². The first-order chi connectivity index (χ1) is 11.2. The van der Waals surface area contributed by atoms with Gasteiger partial charge in [-0.1, -0.05) is 24.3 Å². The SMILES string of the molecule is CCOc1ccccc1CN(C)c1ncnc2cccc(F)c12. The van der Waals surface area contributed by atoms with Crippen LogP contribution < -0.4 is 9.64 Å². The molecule has 3 aromatic rings. The van der Waals surface area contributed by atoms with Crippen LogP contribution in [0.5, 0.6) is 5.75 Å². The number of benzene rings is 2. The predicted molar refractivity (Wildman–Crippen MR) is 89.2 cm³/mol. The fraction of sp³-hybridized carbons (Fsp3) is 0.222. The van der Waals surface area contributed by atoms with Gasteiger partial charge in [0.25, 0.3) is 0 Å². The number of rotatable bonds is 5. The summed E-state index contributed by atoms with van der Waals surface area (Å²) in [6, 6.07) is 12.7. The molecule has 0 aliphatic carbocycles. The van der Waals surface area contributed by atoms with Gasteiger partial charge in [0.2, 0.25) is 0 Å². The van der Waals surface area contributed by atoms with Gasteiger partial charge in [-0.2, -0.15) is 0 Å². The van der Waals surface area contributed by atoms with E-state index in [4.69, 9.17) is 4.74 Å². The number of nitrogens with zero attached hydrogens (tertiary/aromatic N) is 3. The second kappa shape index (κ2) is 6.60. The van der Waals surface area contributed by atoms with Crippen LogP contribution in [0.25, 0.3) is 10.9 Å². The number of hydrogen-bond acceptors (Lipinski definition) is 4. The molecule has 0 N–H and O–H groups in total. The summed E-state index contributed by atoms with van der Waals surface area (Å²) in [6.45, 7) is 3.12. The Morgan fingerprint density at radius 3 is 2.74 bits per heavy atom. The molecule has 1 aromatic heterocycles. The zero-order valence-corrected chi connectivity index (χ0v) is 13.2. The van der Waals surface area contributed by atoms with Crippen LogP contribution in [-0.4, -0.2) is 23.6 Å². The highest BCUT2D eigenvalue weighted by atomic mass is 19.1. The Balaban J connectivity index is 1.97. The summed E-state index contributed by atoms with van der Waals surface area (Å²) in [6.07, 6.45) is 1.46. The molecule has 0 amide bonds. The molecule has 0 spiro atoms. The topological polar surface area (TPSA) is 38.2 Å². The summed E-state index contributed by atoms with van der Waals surface area (Å²) in [7, 11) is 1.89. The molecule has 0 aliphatic heterocycles. The maximum absolute atomic E-state index is 14.2. The van der Waals surface area contributed by atoms with Gasteiger partial charge < -0.3 is 9.64 Å². The standard InChI is InChI=1S/C18H18FN3O/c1-3-23-16-10-5-4-7-13(16)11-22(2)18-17-14(19)8-6-9-15(17)20-12-21-18/h4-10,12H,3,11H2,1-2H3. The first-order valence-corrected chi connectivity index (χ1v) is 7.51. The minimum Gasteiger partial charge on any atom is -0.494 e. The smallest absolute Gasteiger partial charge is 0.142 e. The largest absolute Gasteiger partial charge is 0.494 e. The van der Waals surface area contributed by atoms with Crippen LogP contribution >= 0.6 is 0 Å². The first kappa shape index (κ1) is 15.2. The van der Waals surface area contributed by atoms with Crippen molar-refractivity contribution in [1.29, 1.82) is 0 Å². The molecular formula is C18H18FN3O. The summed E-state index contributed by atoms with van der Waals surface area (Å²) >= 11 is 0. The van der Waals surface area contributed by atoms with E-state index >= 15 is 0 Å². The van der Waals surface area contributed by atoms with E-state index < -0.39 is 0 Å². The number of hydrogen-bond donors (Lipinski definition) is 0. The van der Waals surface area contributed by atoms with Gasteiger partial charge in [-0.25, -0.2) is 14.4 Å². The quantitative estimate of drug-likeness (QED) is 0.718. The van der Waals surface area contributed by atoms with Crippen molar-refractivity contribution in [2.24, 2.45) is 0 Å². The summed E-state index contributed by atoms with van der Waals surface area (Å²) in [5.74, 6) is 1.09. The van der Waals surface area contributed by atoms with Crippen LogP contribution in [0.2, 0.25) is 0 Å². The van der Waals surface area contributed by atoms with E-state index in [1.165, 1.54) is 12.4 Å². The zero-order valence-electron chi connectivity index (χ0n) is 13.2. The highest BCUT2D eigenvalue weighted by molar-refractivity contribution is 5.89. The Bertz CT molecular complexity index is 817. The second-order valence-corrected chi connectivity index (χ2v) is 5.23. The summed E-state index contributed by atoms with van der Waals surface area (Å²) in [5, 5.41) is 0.436. The molecule has 0 radical (unpaired) electrons. The van der Waals surface area contributed by atoms with Crippen molar-refractivity contribution in [3.8, 4) is 5.75 Å². The molecule has 0 bridgehead atoms. The number of aromatic nitrogens is 2. The highest BCUT2D eigenvalue weighted by Gasteiger charge is 2.14. The normalized spacial score (nSPS) is 10.7. The molecule has 0 atom stereocenters. The van der Waals surface area contributed by atoms with Crippen LogP contribution in [-0.2, 0) is 6.54 Å². The van der Waals surface area contributed by atoms with Gasteiger partial charge in [0.1, 0.15) is 23.7 Å². The molecule has 0 fully saturated rings. The average Bonchev–Trinajstić information content (AvgIpc) is 2.56.